The van der Waals surface area contributed by atoms with E-state index in [0.29, 0.717) is 0 Å². The van der Waals surface area contributed by atoms with E-state index in [9.17, 15) is 31.5 Å². The van der Waals surface area contributed by atoms with Gasteiger partial charge in [-0.15, -0.1) is 0 Å². The molecule has 3 rings (SSSR count). The lowest BCUT2D eigenvalue weighted by atomic mass is 10.2. The number of carbonyl (C=O) groups excluding carboxylic acids is 2. The molecule has 0 spiro atoms. The second-order valence-corrected chi connectivity index (χ2v) is 6.10. The SMILES string of the molecule is O=C1C=C(Nc2cccc(Oc3c(F)cc(C(F)(F)F)cc3F)c2)C(=O)N1CCO. The van der Waals surface area contributed by atoms with Crippen LogP contribution in [0.2, 0.25) is 0 Å². The van der Waals surface area contributed by atoms with Crippen LogP contribution in [0.15, 0.2) is 48.2 Å². The summed E-state index contributed by atoms with van der Waals surface area (Å²) in [5.41, 5.74) is -1.39. The Balaban J connectivity index is 1.80. The number of ether oxygens (including phenoxy) is 1. The third-order valence-electron chi connectivity index (χ3n) is 3.99. The number of hydrogen-bond donors (Lipinski definition) is 2. The second kappa shape index (κ2) is 8.11. The number of nitrogens with one attached hydrogen (secondary N) is 1. The van der Waals surface area contributed by atoms with E-state index in [4.69, 9.17) is 9.84 Å². The lowest BCUT2D eigenvalue weighted by molar-refractivity contribution is -0.138. The lowest BCUT2D eigenvalue weighted by Gasteiger charge is -2.14. The van der Waals surface area contributed by atoms with Crippen LogP contribution in [0.5, 0.6) is 11.5 Å². The molecular weight excluding hydrogens is 415 g/mol. The normalized spacial score (nSPS) is 14.2. The topological polar surface area (TPSA) is 78.9 Å². The Labute approximate surface area is 166 Å². The van der Waals surface area contributed by atoms with Gasteiger partial charge in [0.2, 0.25) is 0 Å². The van der Waals surface area contributed by atoms with Gasteiger partial charge in [0.25, 0.3) is 11.8 Å². The fourth-order valence-electron chi connectivity index (χ4n) is 2.64. The standard InChI is InChI=1S/C19H13F5N2O4/c20-13-6-10(19(22,23)24)7-14(21)17(13)30-12-3-1-2-11(8-12)25-15-9-16(28)26(4-5-27)18(15)29/h1-3,6-9,25,27H,4-5H2. The van der Waals surface area contributed by atoms with E-state index in [1.54, 1.807) is 0 Å². The molecule has 1 heterocycles. The van der Waals surface area contributed by atoms with Gasteiger partial charge in [-0.1, -0.05) is 6.07 Å². The van der Waals surface area contributed by atoms with Crippen molar-refractivity contribution in [2.75, 3.05) is 18.5 Å². The largest absolute Gasteiger partial charge is 0.451 e. The number of β-amino-alcohol motifs (C(OH)–C–C–N with tert-alkyl or cyclic N) is 1. The van der Waals surface area contributed by atoms with E-state index in [1.165, 1.54) is 24.3 Å². The van der Waals surface area contributed by atoms with Crippen molar-refractivity contribution in [2.24, 2.45) is 0 Å². The number of nitrogens with zero attached hydrogens (tertiary/aromatic N) is 1. The van der Waals surface area contributed by atoms with Gasteiger partial charge in [0, 0.05) is 17.8 Å². The molecule has 6 nitrogen and oxygen atoms in total. The summed E-state index contributed by atoms with van der Waals surface area (Å²) in [6.07, 6.45) is -3.91. The number of rotatable bonds is 6. The van der Waals surface area contributed by atoms with Crippen molar-refractivity contribution in [3.8, 4) is 11.5 Å². The summed E-state index contributed by atoms with van der Waals surface area (Å²) in [4.78, 5) is 24.7. The van der Waals surface area contributed by atoms with Crippen molar-refractivity contribution in [1.82, 2.24) is 4.90 Å². The average molecular weight is 428 g/mol. The first-order valence-electron chi connectivity index (χ1n) is 8.39. The first kappa shape index (κ1) is 21.2. The van der Waals surface area contributed by atoms with E-state index in [0.717, 1.165) is 11.0 Å². The van der Waals surface area contributed by atoms with E-state index in [2.05, 4.69) is 5.32 Å². The summed E-state index contributed by atoms with van der Waals surface area (Å²) in [6.45, 7) is -0.596. The molecule has 11 heteroatoms. The fraction of sp³-hybridized carbons (Fsp3) is 0.158. The Morgan fingerprint density at radius 2 is 1.73 bits per heavy atom. The molecule has 0 radical (unpaired) electrons. The molecular formula is C19H13F5N2O4. The van der Waals surface area contributed by atoms with Gasteiger partial charge < -0.3 is 15.2 Å². The average Bonchev–Trinajstić information content (AvgIpc) is 2.92. The van der Waals surface area contributed by atoms with Crippen molar-refractivity contribution in [3.05, 3.63) is 65.4 Å². The monoisotopic (exact) mass is 428 g/mol. The zero-order chi connectivity index (χ0) is 22.1. The number of aliphatic hydroxyl groups is 1. The van der Waals surface area contributed by atoms with Crippen LogP contribution in [0, 0.1) is 11.6 Å². The predicted octanol–water partition coefficient (Wildman–Crippen LogP) is 3.43. The molecule has 2 aromatic carbocycles. The zero-order valence-corrected chi connectivity index (χ0v) is 15.0. The van der Waals surface area contributed by atoms with Crippen molar-refractivity contribution in [3.63, 3.8) is 0 Å². The van der Waals surface area contributed by atoms with Crippen LogP contribution in [0.1, 0.15) is 5.56 Å². The second-order valence-electron chi connectivity index (χ2n) is 6.10. The summed E-state index contributed by atoms with van der Waals surface area (Å²) in [6, 6.07) is 5.60. The quantitative estimate of drug-likeness (QED) is 0.545. The molecule has 30 heavy (non-hydrogen) atoms. The van der Waals surface area contributed by atoms with Crippen LogP contribution >= 0.6 is 0 Å². The molecule has 158 valence electrons. The zero-order valence-electron chi connectivity index (χ0n) is 15.0. The summed E-state index contributed by atoms with van der Waals surface area (Å²) < 4.78 is 70.9. The van der Waals surface area contributed by atoms with Gasteiger partial charge in [-0.05, 0) is 24.3 Å². The van der Waals surface area contributed by atoms with Crippen molar-refractivity contribution in [1.29, 1.82) is 0 Å². The Hall–Kier alpha value is -3.47. The molecule has 1 aliphatic heterocycles. The number of amides is 2. The van der Waals surface area contributed by atoms with E-state index in [-0.39, 0.29) is 35.8 Å². The third kappa shape index (κ3) is 4.40. The van der Waals surface area contributed by atoms with Gasteiger partial charge in [0.05, 0.1) is 18.7 Å². The summed E-state index contributed by atoms with van der Waals surface area (Å²) >= 11 is 0. The minimum atomic E-state index is -4.92. The van der Waals surface area contributed by atoms with Crippen LogP contribution in [0.3, 0.4) is 0 Å². The molecule has 0 saturated carbocycles. The molecule has 0 aliphatic carbocycles. The number of aliphatic hydroxyl groups excluding tert-OH is 1. The van der Waals surface area contributed by atoms with Crippen LogP contribution in [-0.2, 0) is 15.8 Å². The highest BCUT2D eigenvalue weighted by molar-refractivity contribution is 6.17. The number of halogens is 5. The Morgan fingerprint density at radius 1 is 1.07 bits per heavy atom. The number of hydrogen-bond acceptors (Lipinski definition) is 5. The molecule has 2 amide bonds. The first-order chi connectivity index (χ1) is 14.1. The van der Waals surface area contributed by atoms with Crippen molar-refractivity contribution >= 4 is 17.5 Å². The van der Waals surface area contributed by atoms with Gasteiger partial charge in [-0.3, -0.25) is 14.5 Å². The third-order valence-corrected chi connectivity index (χ3v) is 3.99. The minimum absolute atomic E-state index is 0.0995. The van der Waals surface area contributed by atoms with Crippen LogP contribution in [0.4, 0.5) is 27.6 Å². The van der Waals surface area contributed by atoms with Gasteiger partial charge >= 0.3 is 6.18 Å². The van der Waals surface area contributed by atoms with Gasteiger partial charge in [-0.25, -0.2) is 8.78 Å². The molecule has 0 bridgehead atoms. The smallest absolute Gasteiger partial charge is 0.416 e. The maximum atomic E-state index is 14.0. The van der Waals surface area contributed by atoms with Gasteiger partial charge in [0.15, 0.2) is 17.4 Å². The number of anilines is 1. The molecule has 0 saturated heterocycles. The molecule has 0 atom stereocenters. The highest BCUT2D eigenvalue weighted by Crippen LogP contribution is 2.36. The van der Waals surface area contributed by atoms with Crippen LogP contribution < -0.4 is 10.1 Å². The number of carbonyl (C=O) groups is 2. The molecule has 0 unspecified atom stereocenters. The van der Waals surface area contributed by atoms with Gasteiger partial charge in [0.1, 0.15) is 11.4 Å². The first-order valence-corrected chi connectivity index (χ1v) is 8.39. The highest BCUT2D eigenvalue weighted by Gasteiger charge is 2.33. The van der Waals surface area contributed by atoms with E-state index >= 15 is 0 Å². The molecule has 1 aliphatic rings. The Morgan fingerprint density at radius 3 is 2.33 bits per heavy atom. The summed E-state index contributed by atoms with van der Waals surface area (Å²) in [5.74, 6) is -5.56. The Bertz CT molecular complexity index is 1010. The molecule has 0 fully saturated rings. The van der Waals surface area contributed by atoms with Crippen LogP contribution in [0.25, 0.3) is 0 Å². The predicted molar refractivity (Wildman–Crippen MR) is 93.4 cm³/mol. The molecule has 0 aromatic heterocycles. The minimum Gasteiger partial charge on any atom is -0.451 e. The fourth-order valence-corrected chi connectivity index (χ4v) is 2.64. The lowest BCUT2D eigenvalue weighted by Crippen LogP contribution is -2.34. The highest BCUT2D eigenvalue weighted by atomic mass is 19.4. The molecule has 2 N–H and O–H groups in total. The van der Waals surface area contributed by atoms with Gasteiger partial charge in [-0.2, -0.15) is 13.2 Å². The summed E-state index contributed by atoms with van der Waals surface area (Å²) in [7, 11) is 0. The van der Waals surface area contributed by atoms with Crippen LogP contribution in [-0.4, -0.2) is 35.0 Å². The van der Waals surface area contributed by atoms with E-state index in [1.807, 2.05) is 0 Å². The van der Waals surface area contributed by atoms with Crippen molar-refractivity contribution in [2.45, 2.75) is 6.18 Å². The number of benzene rings is 2. The number of alkyl halides is 3. The Kier molecular flexibility index (Phi) is 5.74. The number of imide groups is 1. The van der Waals surface area contributed by atoms with E-state index < -0.39 is 47.5 Å². The maximum absolute atomic E-state index is 14.0. The van der Waals surface area contributed by atoms with Crippen molar-refractivity contribution < 1.29 is 41.4 Å². The maximum Gasteiger partial charge on any atom is 0.416 e. The molecule has 2 aromatic rings. The summed E-state index contributed by atoms with van der Waals surface area (Å²) in [5, 5.41) is 11.5.